The minimum Gasteiger partial charge on any atom is -0.504 e. The third-order valence-electron chi connectivity index (χ3n) is 1.80. The van der Waals surface area contributed by atoms with Gasteiger partial charge >= 0.3 is 0 Å². The molecular formula is C9H13NO3. The van der Waals surface area contributed by atoms with E-state index in [1.807, 2.05) is 0 Å². The predicted octanol–water partition coefficient (Wildman–Crippen LogP) is 0.868. The van der Waals surface area contributed by atoms with Crippen LogP contribution in [-0.4, -0.2) is 19.3 Å². The van der Waals surface area contributed by atoms with E-state index in [1.165, 1.54) is 20.3 Å². The Morgan fingerprint density at radius 3 is 2.31 bits per heavy atom. The van der Waals surface area contributed by atoms with Gasteiger partial charge in [-0.1, -0.05) is 6.07 Å². The van der Waals surface area contributed by atoms with Gasteiger partial charge in [0.15, 0.2) is 11.5 Å². The quantitative estimate of drug-likeness (QED) is 0.729. The molecule has 0 aliphatic rings. The van der Waals surface area contributed by atoms with Gasteiger partial charge in [-0.3, -0.25) is 0 Å². The van der Waals surface area contributed by atoms with Gasteiger partial charge in [-0.2, -0.15) is 0 Å². The average molecular weight is 183 g/mol. The number of hydrogen-bond acceptors (Lipinski definition) is 4. The maximum atomic E-state index is 9.40. The zero-order valence-corrected chi connectivity index (χ0v) is 7.70. The Hall–Kier alpha value is -1.42. The second-order valence-electron chi connectivity index (χ2n) is 2.51. The lowest BCUT2D eigenvalue weighted by Gasteiger charge is -2.12. The molecule has 1 aromatic carbocycles. The first kappa shape index (κ1) is 9.67. The van der Waals surface area contributed by atoms with E-state index < -0.39 is 0 Å². The van der Waals surface area contributed by atoms with Crippen LogP contribution in [0.25, 0.3) is 0 Å². The topological polar surface area (TPSA) is 64.7 Å². The van der Waals surface area contributed by atoms with Crippen molar-refractivity contribution in [2.75, 3.05) is 14.2 Å². The van der Waals surface area contributed by atoms with Crippen molar-refractivity contribution in [1.29, 1.82) is 0 Å². The number of benzene rings is 1. The third kappa shape index (κ3) is 1.67. The molecule has 0 bridgehead atoms. The number of nitrogens with two attached hydrogens (primary N) is 1. The number of phenolic OH excluding ortho intramolecular Hbond substituents is 1. The van der Waals surface area contributed by atoms with Crippen LogP contribution in [0.1, 0.15) is 5.56 Å². The Labute approximate surface area is 76.9 Å². The van der Waals surface area contributed by atoms with Gasteiger partial charge in [0.2, 0.25) is 5.75 Å². The molecule has 1 rings (SSSR count). The number of ether oxygens (including phenoxy) is 2. The molecule has 0 aromatic heterocycles. The van der Waals surface area contributed by atoms with Crippen molar-refractivity contribution >= 4 is 0 Å². The minimum absolute atomic E-state index is 0.0524. The lowest BCUT2D eigenvalue weighted by atomic mass is 10.1. The Balaban J connectivity index is 3.27. The van der Waals surface area contributed by atoms with Crippen LogP contribution in [0.3, 0.4) is 0 Å². The molecule has 0 atom stereocenters. The molecule has 0 radical (unpaired) electrons. The number of rotatable bonds is 3. The summed E-state index contributed by atoms with van der Waals surface area (Å²) in [5.74, 6) is 0.868. The normalized spacial score (nSPS) is 9.77. The standard InChI is InChI=1S/C9H13NO3/c1-12-8-6(5-10)3-4-7(11)9(8)13-2/h3-4,11H,5,10H2,1-2H3. The van der Waals surface area contributed by atoms with E-state index in [1.54, 1.807) is 6.07 Å². The molecule has 3 N–H and O–H groups in total. The van der Waals surface area contributed by atoms with Crippen molar-refractivity contribution in [3.63, 3.8) is 0 Å². The summed E-state index contributed by atoms with van der Waals surface area (Å²) in [6.45, 7) is 0.347. The molecule has 0 spiro atoms. The molecule has 1 aromatic rings. The summed E-state index contributed by atoms with van der Waals surface area (Å²) in [6, 6.07) is 3.24. The molecule has 0 fully saturated rings. The van der Waals surface area contributed by atoms with Crippen LogP contribution in [0.2, 0.25) is 0 Å². The highest BCUT2D eigenvalue weighted by Crippen LogP contribution is 2.38. The first-order valence-electron chi connectivity index (χ1n) is 3.87. The highest BCUT2D eigenvalue weighted by atomic mass is 16.5. The van der Waals surface area contributed by atoms with E-state index in [0.29, 0.717) is 18.0 Å². The summed E-state index contributed by atoms with van der Waals surface area (Å²) in [7, 11) is 2.98. The maximum Gasteiger partial charge on any atom is 0.203 e. The molecule has 0 heterocycles. The number of aromatic hydroxyl groups is 1. The van der Waals surface area contributed by atoms with Gasteiger partial charge in [0, 0.05) is 12.1 Å². The van der Waals surface area contributed by atoms with E-state index in [9.17, 15) is 5.11 Å². The first-order valence-corrected chi connectivity index (χ1v) is 3.87. The molecule has 4 heteroatoms. The Bertz CT molecular complexity index is 299. The van der Waals surface area contributed by atoms with Crippen LogP contribution < -0.4 is 15.2 Å². The van der Waals surface area contributed by atoms with Gasteiger partial charge in [0.05, 0.1) is 14.2 Å². The summed E-state index contributed by atoms with van der Waals surface area (Å²) in [5.41, 5.74) is 6.29. The highest BCUT2D eigenvalue weighted by Gasteiger charge is 2.12. The molecule has 0 aliphatic carbocycles. The number of methoxy groups -OCH3 is 2. The van der Waals surface area contributed by atoms with Crippen molar-refractivity contribution in [1.82, 2.24) is 0 Å². The van der Waals surface area contributed by atoms with Gasteiger partial charge in [0.25, 0.3) is 0 Å². The second kappa shape index (κ2) is 4.00. The van der Waals surface area contributed by atoms with Crippen molar-refractivity contribution < 1.29 is 14.6 Å². The van der Waals surface area contributed by atoms with Crippen molar-refractivity contribution in [3.8, 4) is 17.2 Å². The van der Waals surface area contributed by atoms with Crippen LogP contribution in [0.5, 0.6) is 17.2 Å². The smallest absolute Gasteiger partial charge is 0.203 e. The highest BCUT2D eigenvalue weighted by molar-refractivity contribution is 5.54. The fraction of sp³-hybridized carbons (Fsp3) is 0.333. The third-order valence-corrected chi connectivity index (χ3v) is 1.80. The monoisotopic (exact) mass is 183 g/mol. The Morgan fingerprint density at radius 2 is 1.85 bits per heavy atom. The zero-order chi connectivity index (χ0) is 9.84. The fourth-order valence-electron chi connectivity index (χ4n) is 1.17. The van der Waals surface area contributed by atoms with Crippen LogP contribution in [0.4, 0.5) is 0 Å². The van der Waals surface area contributed by atoms with Gasteiger partial charge in [-0.05, 0) is 6.07 Å². The van der Waals surface area contributed by atoms with E-state index in [-0.39, 0.29) is 5.75 Å². The minimum atomic E-state index is 0.0524. The van der Waals surface area contributed by atoms with E-state index in [4.69, 9.17) is 15.2 Å². The summed E-state index contributed by atoms with van der Waals surface area (Å²) in [4.78, 5) is 0. The molecule has 0 amide bonds. The SMILES string of the molecule is COc1c(O)ccc(CN)c1OC. The fourth-order valence-corrected chi connectivity index (χ4v) is 1.17. The molecule has 72 valence electrons. The van der Waals surface area contributed by atoms with Crippen LogP contribution in [-0.2, 0) is 6.54 Å². The summed E-state index contributed by atoms with van der Waals surface area (Å²) < 4.78 is 10.1. The summed E-state index contributed by atoms with van der Waals surface area (Å²) in [6.07, 6.45) is 0. The van der Waals surface area contributed by atoms with Gasteiger partial charge < -0.3 is 20.3 Å². The van der Waals surface area contributed by atoms with Crippen molar-refractivity contribution in [3.05, 3.63) is 17.7 Å². The van der Waals surface area contributed by atoms with Gasteiger partial charge in [0.1, 0.15) is 0 Å². The number of phenols is 1. The van der Waals surface area contributed by atoms with E-state index in [2.05, 4.69) is 0 Å². The Kier molecular flexibility index (Phi) is 2.97. The summed E-state index contributed by atoms with van der Waals surface area (Å²) >= 11 is 0. The van der Waals surface area contributed by atoms with Gasteiger partial charge in [-0.25, -0.2) is 0 Å². The maximum absolute atomic E-state index is 9.40. The predicted molar refractivity (Wildman–Crippen MR) is 49.1 cm³/mol. The number of hydrogen-bond donors (Lipinski definition) is 2. The molecule has 13 heavy (non-hydrogen) atoms. The largest absolute Gasteiger partial charge is 0.504 e. The molecular weight excluding hydrogens is 170 g/mol. The van der Waals surface area contributed by atoms with Crippen LogP contribution >= 0.6 is 0 Å². The molecule has 0 unspecified atom stereocenters. The summed E-state index contributed by atoms with van der Waals surface area (Å²) in [5, 5.41) is 9.40. The lowest BCUT2D eigenvalue weighted by Crippen LogP contribution is -2.01. The van der Waals surface area contributed by atoms with Crippen molar-refractivity contribution in [2.24, 2.45) is 5.73 Å². The van der Waals surface area contributed by atoms with E-state index >= 15 is 0 Å². The van der Waals surface area contributed by atoms with Crippen LogP contribution in [0, 0.1) is 0 Å². The van der Waals surface area contributed by atoms with Crippen molar-refractivity contribution in [2.45, 2.75) is 6.54 Å². The molecule has 0 aliphatic heterocycles. The molecule has 0 saturated heterocycles. The molecule has 4 nitrogen and oxygen atoms in total. The molecule has 0 saturated carbocycles. The average Bonchev–Trinajstić information content (AvgIpc) is 2.17. The van der Waals surface area contributed by atoms with Crippen LogP contribution in [0.15, 0.2) is 12.1 Å². The lowest BCUT2D eigenvalue weighted by molar-refractivity contribution is 0.330. The second-order valence-corrected chi connectivity index (χ2v) is 2.51. The van der Waals surface area contributed by atoms with E-state index in [0.717, 1.165) is 5.56 Å². The van der Waals surface area contributed by atoms with Gasteiger partial charge in [-0.15, -0.1) is 0 Å². The zero-order valence-electron chi connectivity index (χ0n) is 7.70. The first-order chi connectivity index (χ1) is 6.24. The Morgan fingerprint density at radius 1 is 1.23 bits per heavy atom.